The molecule has 0 aliphatic rings. The van der Waals surface area contributed by atoms with Crippen LogP contribution in [-0.4, -0.2) is 37.2 Å². The molecule has 6 nitrogen and oxygen atoms in total. The third-order valence-electron chi connectivity index (χ3n) is 13.9. The van der Waals surface area contributed by atoms with Crippen LogP contribution < -0.4 is 0 Å². The zero-order valence-electron chi connectivity index (χ0n) is 52.0. The van der Waals surface area contributed by atoms with Gasteiger partial charge in [-0.25, -0.2) is 0 Å². The number of rotatable bonds is 59. The molecule has 0 saturated heterocycles. The molecule has 0 aromatic carbocycles. The third-order valence-corrected chi connectivity index (χ3v) is 13.9. The number of ether oxygens (including phenoxy) is 3. The molecule has 80 heavy (non-hydrogen) atoms. The maximum absolute atomic E-state index is 12.9. The summed E-state index contributed by atoms with van der Waals surface area (Å²) in [6, 6.07) is 0. The average molecular weight is 1110 g/mol. The summed E-state index contributed by atoms with van der Waals surface area (Å²) in [7, 11) is 0. The Balaban J connectivity index is 4.36. The van der Waals surface area contributed by atoms with Gasteiger partial charge in [-0.3, -0.25) is 14.4 Å². The molecule has 0 fully saturated rings. The Labute approximate surface area is 494 Å². The summed E-state index contributed by atoms with van der Waals surface area (Å²) in [5.41, 5.74) is 0. The van der Waals surface area contributed by atoms with Crippen LogP contribution in [-0.2, 0) is 28.6 Å². The first-order valence-electron chi connectivity index (χ1n) is 33.2. The van der Waals surface area contributed by atoms with Gasteiger partial charge in [0.05, 0.1) is 0 Å². The van der Waals surface area contributed by atoms with Gasteiger partial charge in [0, 0.05) is 19.3 Å². The lowest BCUT2D eigenvalue weighted by Crippen LogP contribution is -2.30. The van der Waals surface area contributed by atoms with Crippen molar-refractivity contribution in [1.82, 2.24) is 0 Å². The highest BCUT2D eigenvalue weighted by Gasteiger charge is 2.19. The second kappa shape index (κ2) is 67.1. The Morgan fingerprint density at radius 3 is 0.775 bits per heavy atom. The van der Waals surface area contributed by atoms with E-state index in [4.69, 9.17) is 14.2 Å². The standard InChI is InChI=1S/C74H122O6/c1-4-7-10-13-16-19-22-25-27-29-31-32-33-34-35-36-37-38-39-40-41-42-43-45-46-49-52-55-58-61-64-67-73(76)79-70-71(69-78-72(75)66-63-60-57-54-51-48-24-21-18-15-12-9-6-3)80-74(77)68-65-62-59-56-53-50-47-44-30-28-26-23-20-17-14-11-8-5-2/h7,10,16,19-21,23-25,27-28,30-32,34-35,37-38,40-41,43,45,71H,4-6,8-9,11-15,17-18,22,26,29,33,36,39,42,44,46-70H2,1-3H3/b10-7-,19-16-,23-20-,24-21-,27-25-,30-28-,32-31-,35-34-,38-37-,41-40-,45-43-. The van der Waals surface area contributed by atoms with E-state index in [1.165, 1.54) is 116 Å². The van der Waals surface area contributed by atoms with Gasteiger partial charge in [0.25, 0.3) is 0 Å². The fraction of sp³-hybridized carbons (Fsp3) is 0.662. The van der Waals surface area contributed by atoms with Crippen LogP contribution in [0, 0.1) is 0 Å². The summed E-state index contributed by atoms with van der Waals surface area (Å²) in [6.07, 6.45) is 94.5. The van der Waals surface area contributed by atoms with E-state index in [2.05, 4.69) is 154 Å². The van der Waals surface area contributed by atoms with Crippen LogP contribution in [0.5, 0.6) is 0 Å². The van der Waals surface area contributed by atoms with Crippen LogP contribution in [0.3, 0.4) is 0 Å². The van der Waals surface area contributed by atoms with Crippen molar-refractivity contribution >= 4 is 17.9 Å². The van der Waals surface area contributed by atoms with E-state index >= 15 is 0 Å². The summed E-state index contributed by atoms with van der Waals surface area (Å²) in [5, 5.41) is 0. The Kier molecular flexibility index (Phi) is 63.3. The van der Waals surface area contributed by atoms with E-state index in [1.807, 2.05) is 0 Å². The van der Waals surface area contributed by atoms with E-state index < -0.39 is 6.10 Å². The molecule has 0 radical (unpaired) electrons. The normalized spacial score (nSPS) is 13.0. The van der Waals surface area contributed by atoms with Crippen LogP contribution in [0.25, 0.3) is 0 Å². The maximum Gasteiger partial charge on any atom is 0.306 e. The number of allylic oxidation sites excluding steroid dienone is 22. The molecule has 0 amide bonds. The SMILES string of the molecule is CC/C=C\C/C=C\C/C=C\C/C=C\C/C=C\C/C=C\C/C=C\C/C=C\CCCCCCCCC(=O)OCC(COC(=O)CCCCCCC/C=C\CCCCCC)OC(=O)CCCCCCCCC/C=C\C/C=C\CCCCCC. The first kappa shape index (κ1) is 75.5. The number of hydrogen-bond acceptors (Lipinski definition) is 6. The van der Waals surface area contributed by atoms with Crippen LogP contribution in [0.4, 0.5) is 0 Å². The van der Waals surface area contributed by atoms with Gasteiger partial charge in [-0.2, -0.15) is 0 Å². The molecule has 1 unspecified atom stereocenters. The monoisotopic (exact) mass is 1110 g/mol. The van der Waals surface area contributed by atoms with Gasteiger partial charge < -0.3 is 14.2 Å². The highest BCUT2D eigenvalue weighted by Crippen LogP contribution is 2.15. The van der Waals surface area contributed by atoms with Crippen molar-refractivity contribution < 1.29 is 28.6 Å². The Morgan fingerprint density at radius 1 is 0.263 bits per heavy atom. The minimum Gasteiger partial charge on any atom is -0.462 e. The second-order valence-corrected chi connectivity index (χ2v) is 21.6. The molecular formula is C74H122O6. The lowest BCUT2D eigenvalue weighted by Gasteiger charge is -2.18. The molecule has 0 bridgehead atoms. The first-order valence-corrected chi connectivity index (χ1v) is 33.2. The molecule has 0 aromatic heterocycles. The summed E-state index contributed by atoms with van der Waals surface area (Å²) in [5.74, 6) is -0.920. The Bertz CT molecular complexity index is 1700. The van der Waals surface area contributed by atoms with Crippen molar-refractivity contribution in [3.63, 3.8) is 0 Å². The molecule has 0 rings (SSSR count). The summed E-state index contributed by atoms with van der Waals surface area (Å²) < 4.78 is 16.9. The van der Waals surface area contributed by atoms with E-state index in [1.54, 1.807) is 0 Å². The molecule has 0 spiro atoms. The van der Waals surface area contributed by atoms with Gasteiger partial charge in [-0.15, -0.1) is 0 Å². The molecule has 0 N–H and O–H groups in total. The van der Waals surface area contributed by atoms with Gasteiger partial charge in [-0.1, -0.05) is 270 Å². The third kappa shape index (κ3) is 64.4. The van der Waals surface area contributed by atoms with Gasteiger partial charge in [-0.05, 0) is 141 Å². The highest BCUT2D eigenvalue weighted by atomic mass is 16.6. The molecule has 454 valence electrons. The molecule has 0 aromatic rings. The van der Waals surface area contributed by atoms with Crippen molar-refractivity contribution in [2.24, 2.45) is 0 Å². The van der Waals surface area contributed by atoms with Crippen LogP contribution in [0.2, 0.25) is 0 Å². The van der Waals surface area contributed by atoms with Crippen molar-refractivity contribution in [1.29, 1.82) is 0 Å². The molecule has 0 heterocycles. The summed E-state index contributed by atoms with van der Waals surface area (Å²) in [4.78, 5) is 38.3. The average Bonchev–Trinajstić information content (AvgIpc) is 3.46. The van der Waals surface area contributed by atoms with Crippen LogP contribution in [0.1, 0.15) is 297 Å². The molecule has 1 atom stereocenters. The molecule has 6 heteroatoms. The summed E-state index contributed by atoms with van der Waals surface area (Å²) >= 11 is 0. The molecule has 0 aliphatic heterocycles. The number of esters is 3. The lowest BCUT2D eigenvalue weighted by atomic mass is 10.1. The predicted octanol–water partition coefficient (Wildman–Crippen LogP) is 22.9. The highest BCUT2D eigenvalue weighted by molar-refractivity contribution is 5.71. The first-order chi connectivity index (χ1) is 39.5. The largest absolute Gasteiger partial charge is 0.462 e. The number of carbonyl (C=O) groups is 3. The zero-order chi connectivity index (χ0) is 57.8. The van der Waals surface area contributed by atoms with Crippen LogP contribution in [0.15, 0.2) is 134 Å². The number of carbonyl (C=O) groups excluding carboxylic acids is 3. The second-order valence-electron chi connectivity index (χ2n) is 21.6. The van der Waals surface area contributed by atoms with E-state index in [0.717, 1.165) is 141 Å². The Morgan fingerprint density at radius 2 is 0.487 bits per heavy atom. The van der Waals surface area contributed by atoms with E-state index in [-0.39, 0.29) is 31.1 Å². The lowest BCUT2D eigenvalue weighted by molar-refractivity contribution is -0.167. The quantitative estimate of drug-likeness (QED) is 0.0261. The zero-order valence-corrected chi connectivity index (χ0v) is 52.0. The smallest absolute Gasteiger partial charge is 0.306 e. The number of unbranched alkanes of at least 4 members (excludes halogenated alkanes) is 26. The fourth-order valence-electron chi connectivity index (χ4n) is 8.89. The molecule has 0 aliphatic carbocycles. The minimum absolute atomic E-state index is 0.0927. The van der Waals surface area contributed by atoms with Gasteiger partial charge in [0.1, 0.15) is 13.2 Å². The van der Waals surface area contributed by atoms with Crippen molar-refractivity contribution in [2.75, 3.05) is 13.2 Å². The van der Waals surface area contributed by atoms with Gasteiger partial charge >= 0.3 is 17.9 Å². The maximum atomic E-state index is 12.9. The summed E-state index contributed by atoms with van der Waals surface area (Å²) in [6.45, 7) is 6.48. The molecular weight excluding hydrogens is 985 g/mol. The Hall–Kier alpha value is -4.45. The van der Waals surface area contributed by atoms with E-state index in [9.17, 15) is 14.4 Å². The minimum atomic E-state index is -0.797. The van der Waals surface area contributed by atoms with Crippen molar-refractivity contribution in [2.45, 2.75) is 303 Å². The van der Waals surface area contributed by atoms with Crippen molar-refractivity contribution in [3.05, 3.63) is 134 Å². The van der Waals surface area contributed by atoms with Crippen molar-refractivity contribution in [3.8, 4) is 0 Å². The van der Waals surface area contributed by atoms with E-state index in [0.29, 0.717) is 19.3 Å². The predicted molar refractivity (Wildman–Crippen MR) is 348 cm³/mol. The van der Waals surface area contributed by atoms with Gasteiger partial charge in [0.2, 0.25) is 0 Å². The number of hydrogen-bond donors (Lipinski definition) is 0. The van der Waals surface area contributed by atoms with Crippen LogP contribution >= 0.6 is 0 Å². The molecule has 0 saturated carbocycles. The topological polar surface area (TPSA) is 78.9 Å². The van der Waals surface area contributed by atoms with Gasteiger partial charge in [0.15, 0.2) is 6.10 Å². The fourth-order valence-corrected chi connectivity index (χ4v) is 8.89.